The molecule has 2 aromatic carbocycles. The lowest BCUT2D eigenvalue weighted by Gasteiger charge is -2.26. The minimum Gasteiger partial charge on any atom is -0.325 e. The summed E-state index contributed by atoms with van der Waals surface area (Å²) in [6.45, 7) is 4.06. The second kappa shape index (κ2) is 7.50. The summed E-state index contributed by atoms with van der Waals surface area (Å²) in [5.74, 6) is 0.198. The molecule has 2 amide bonds. The summed E-state index contributed by atoms with van der Waals surface area (Å²) >= 11 is 7.14. The van der Waals surface area contributed by atoms with Crippen LogP contribution in [0.5, 0.6) is 0 Å². The largest absolute Gasteiger partial charge is 0.325 e. The van der Waals surface area contributed by atoms with Crippen LogP contribution in [-0.4, -0.2) is 23.4 Å². The van der Waals surface area contributed by atoms with Gasteiger partial charge in [-0.3, -0.25) is 14.5 Å². The van der Waals surface area contributed by atoms with Crippen LogP contribution in [0.3, 0.4) is 0 Å². The predicted octanol–water partition coefficient (Wildman–Crippen LogP) is 4.26. The number of aryl methyl sites for hydroxylation is 2. The molecule has 1 aliphatic heterocycles. The van der Waals surface area contributed by atoms with Crippen LogP contribution in [0.25, 0.3) is 0 Å². The van der Waals surface area contributed by atoms with E-state index >= 15 is 0 Å². The molecule has 0 unspecified atom stereocenters. The molecule has 0 bridgehead atoms. The topological polar surface area (TPSA) is 49.4 Å². The molecule has 2 aromatic rings. The third-order valence-electron chi connectivity index (χ3n) is 4.06. The Labute approximate surface area is 156 Å². The van der Waals surface area contributed by atoms with Crippen molar-refractivity contribution < 1.29 is 9.59 Å². The van der Waals surface area contributed by atoms with Crippen molar-refractivity contribution in [3.8, 4) is 0 Å². The van der Waals surface area contributed by atoms with E-state index in [9.17, 15) is 9.59 Å². The summed E-state index contributed by atoms with van der Waals surface area (Å²) in [7, 11) is 0. The lowest BCUT2D eigenvalue weighted by Crippen LogP contribution is -2.28. The second-order valence-corrected chi connectivity index (χ2v) is 7.36. The third-order valence-corrected chi connectivity index (χ3v) is 5.51. The van der Waals surface area contributed by atoms with Gasteiger partial charge in [-0.25, -0.2) is 0 Å². The van der Waals surface area contributed by atoms with Crippen LogP contribution in [0.2, 0.25) is 0 Å². The molecule has 4 nitrogen and oxygen atoms in total. The number of halogens is 1. The standard InChI is InChI=1S/C19H19ClN2O2S/c1-12-6-7-16(13(2)8-12)22-18(24)11-25-19(22)14-4-3-5-15(9-14)21-17(23)10-20/h3-9,19H,10-11H2,1-2H3,(H,21,23)/t19-/m0/s1. The van der Waals surface area contributed by atoms with E-state index in [1.807, 2.05) is 55.1 Å². The third kappa shape index (κ3) is 3.83. The Morgan fingerprint density at radius 1 is 1.28 bits per heavy atom. The molecule has 0 aromatic heterocycles. The van der Waals surface area contributed by atoms with Crippen LogP contribution in [0, 0.1) is 13.8 Å². The van der Waals surface area contributed by atoms with E-state index in [2.05, 4.69) is 11.4 Å². The quantitative estimate of drug-likeness (QED) is 0.813. The first-order valence-electron chi connectivity index (χ1n) is 7.96. The lowest BCUT2D eigenvalue weighted by molar-refractivity contribution is -0.116. The highest BCUT2D eigenvalue weighted by molar-refractivity contribution is 8.00. The van der Waals surface area contributed by atoms with Gasteiger partial charge in [0, 0.05) is 11.4 Å². The normalized spacial score (nSPS) is 17.0. The van der Waals surface area contributed by atoms with Crippen LogP contribution in [-0.2, 0) is 9.59 Å². The number of anilines is 2. The molecule has 25 heavy (non-hydrogen) atoms. The smallest absolute Gasteiger partial charge is 0.239 e. The number of hydrogen-bond donors (Lipinski definition) is 1. The van der Waals surface area contributed by atoms with Crippen LogP contribution < -0.4 is 10.2 Å². The minimum atomic E-state index is -0.250. The number of rotatable bonds is 4. The minimum absolute atomic E-state index is 0.0877. The number of amides is 2. The predicted molar refractivity (Wildman–Crippen MR) is 104 cm³/mol. The summed E-state index contributed by atoms with van der Waals surface area (Å²) < 4.78 is 0. The van der Waals surface area contributed by atoms with Crippen molar-refractivity contribution in [2.24, 2.45) is 0 Å². The molecule has 1 aliphatic rings. The number of carbonyl (C=O) groups excluding carboxylic acids is 2. The molecule has 1 fully saturated rings. The van der Waals surface area contributed by atoms with Gasteiger partial charge >= 0.3 is 0 Å². The van der Waals surface area contributed by atoms with Crippen molar-refractivity contribution in [2.45, 2.75) is 19.2 Å². The Hall–Kier alpha value is -1.98. The van der Waals surface area contributed by atoms with E-state index < -0.39 is 0 Å². The molecule has 0 aliphatic carbocycles. The van der Waals surface area contributed by atoms with Gasteiger partial charge in [-0.05, 0) is 43.2 Å². The van der Waals surface area contributed by atoms with Crippen molar-refractivity contribution in [2.75, 3.05) is 21.8 Å². The molecular weight excluding hydrogens is 356 g/mol. The highest BCUT2D eigenvalue weighted by atomic mass is 35.5. The molecule has 1 heterocycles. The molecule has 1 saturated heterocycles. The van der Waals surface area contributed by atoms with Crippen LogP contribution in [0.1, 0.15) is 22.1 Å². The van der Waals surface area contributed by atoms with Crippen molar-refractivity contribution >= 4 is 46.6 Å². The highest BCUT2D eigenvalue weighted by Gasteiger charge is 2.34. The van der Waals surface area contributed by atoms with Gasteiger partial charge in [-0.2, -0.15) is 0 Å². The highest BCUT2D eigenvalue weighted by Crippen LogP contribution is 2.43. The van der Waals surface area contributed by atoms with Crippen molar-refractivity contribution in [3.63, 3.8) is 0 Å². The first-order chi connectivity index (χ1) is 12.0. The van der Waals surface area contributed by atoms with Crippen LogP contribution >= 0.6 is 23.4 Å². The van der Waals surface area contributed by atoms with E-state index in [1.54, 1.807) is 11.8 Å². The summed E-state index contributed by atoms with van der Waals surface area (Å²) in [4.78, 5) is 25.9. The van der Waals surface area contributed by atoms with Crippen LogP contribution in [0.15, 0.2) is 42.5 Å². The van der Waals surface area contributed by atoms with Gasteiger partial charge in [0.1, 0.15) is 11.3 Å². The van der Waals surface area contributed by atoms with E-state index in [0.29, 0.717) is 11.4 Å². The zero-order valence-electron chi connectivity index (χ0n) is 14.1. The number of nitrogens with zero attached hydrogens (tertiary/aromatic N) is 1. The van der Waals surface area contributed by atoms with Crippen molar-refractivity contribution in [3.05, 3.63) is 59.2 Å². The van der Waals surface area contributed by atoms with Crippen LogP contribution in [0.4, 0.5) is 11.4 Å². The SMILES string of the molecule is Cc1ccc(N2C(=O)CS[C@H]2c2cccc(NC(=O)CCl)c2)c(C)c1. The van der Waals surface area contributed by atoms with E-state index in [0.717, 1.165) is 16.8 Å². The van der Waals surface area contributed by atoms with Gasteiger partial charge in [0.05, 0.1) is 5.75 Å². The molecule has 1 atom stereocenters. The van der Waals surface area contributed by atoms with Gasteiger partial charge in [0.15, 0.2) is 0 Å². The van der Waals surface area contributed by atoms with E-state index in [-0.39, 0.29) is 23.1 Å². The molecule has 130 valence electrons. The van der Waals surface area contributed by atoms with Gasteiger partial charge in [-0.1, -0.05) is 29.8 Å². The second-order valence-electron chi connectivity index (χ2n) is 6.02. The van der Waals surface area contributed by atoms with Gasteiger partial charge in [0.25, 0.3) is 0 Å². The first-order valence-corrected chi connectivity index (χ1v) is 9.54. The van der Waals surface area contributed by atoms with Crippen molar-refractivity contribution in [1.29, 1.82) is 0 Å². The summed E-state index contributed by atoms with van der Waals surface area (Å²) in [6, 6.07) is 13.7. The number of nitrogens with one attached hydrogen (secondary N) is 1. The molecular formula is C19H19ClN2O2S. The molecule has 0 spiro atoms. The number of alkyl halides is 1. The summed E-state index contributed by atoms with van der Waals surface area (Å²) in [5, 5.41) is 2.65. The molecule has 6 heteroatoms. The number of carbonyl (C=O) groups is 2. The average Bonchev–Trinajstić information content (AvgIpc) is 2.96. The number of hydrogen-bond acceptors (Lipinski definition) is 3. The average molecular weight is 375 g/mol. The van der Waals surface area contributed by atoms with Gasteiger partial charge < -0.3 is 5.32 Å². The number of benzene rings is 2. The fourth-order valence-corrected chi connectivity index (χ4v) is 4.20. The van der Waals surface area contributed by atoms with Crippen molar-refractivity contribution in [1.82, 2.24) is 0 Å². The zero-order chi connectivity index (χ0) is 18.0. The summed E-state index contributed by atoms with van der Waals surface area (Å²) in [5.41, 5.74) is 4.84. The Kier molecular flexibility index (Phi) is 5.35. The van der Waals surface area contributed by atoms with E-state index in [4.69, 9.17) is 11.6 Å². The van der Waals surface area contributed by atoms with Gasteiger partial charge in [-0.15, -0.1) is 23.4 Å². The Bertz CT molecular complexity index is 825. The number of thioether (sulfide) groups is 1. The molecule has 0 saturated carbocycles. The van der Waals surface area contributed by atoms with E-state index in [1.165, 1.54) is 5.56 Å². The molecule has 3 rings (SSSR count). The first kappa shape index (κ1) is 17.8. The Balaban J connectivity index is 1.94. The lowest BCUT2D eigenvalue weighted by atomic mass is 10.1. The summed E-state index contributed by atoms with van der Waals surface area (Å²) in [6.07, 6.45) is 0. The van der Waals surface area contributed by atoms with Gasteiger partial charge in [0.2, 0.25) is 11.8 Å². The maximum absolute atomic E-state index is 12.5. The Morgan fingerprint density at radius 2 is 2.08 bits per heavy atom. The maximum Gasteiger partial charge on any atom is 0.239 e. The maximum atomic E-state index is 12.5. The fourth-order valence-electron chi connectivity index (χ4n) is 2.97. The zero-order valence-corrected chi connectivity index (χ0v) is 15.7. The monoisotopic (exact) mass is 374 g/mol. The fraction of sp³-hybridized carbons (Fsp3) is 0.263. The molecule has 0 radical (unpaired) electrons. The Morgan fingerprint density at radius 3 is 2.80 bits per heavy atom. The molecule has 1 N–H and O–H groups in total.